The number of ether oxygens (including phenoxy) is 1. The Kier molecular flexibility index (Phi) is 3.73. The predicted molar refractivity (Wildman–Crippen MR) is 65.7 cm³/mol. The van der Waals surface area contributed by atoms with Crippen molar-refractivity contribution >= 4 is 0 Å². The average molecular weight is 229 g/mol. The summed E-state index contributed by atoms with van der Waals surface area (Å²) in [5.74, 6) is 0.711. The zero-order valence-electron chi connectivity index (χ0n) is 9.76. The molecule has 1 N–H and O–H groups in total. The monoisotopic (exact) mass is 229 g/mol. The van der Waals surface area contributed by atoms with Gasteiger partial charge in [0.15, 0.2) is 0 Å². The van der Waals surface area contributed by atoms with Gasteiger partial charge in [0.05, 0.1) is 18.5 Å². The number of aromatic nitrogens is 1. The molecule has 0 aliphatic carbocycles. The highest BCUT2D eigenvalue weighted by Crippen LogP contribution is 2.12. The molecule has 17 heavy (non-hydrogen) atoms. The molecule has 1 aromatic heterocycles. The third-order valence-electron chi connectivity index (χ3n) is 2.49. The summed E-state index contributed by atoms with van der Waals surface area (Å²) in [4.78, 5) is 4.05. The van der Waals surface area contributed by atoms with Gasteiger partial charge in [0, 0.05) is 0 Å². The van der Waals surface area contributed by atoms with Crippen molar-refractivity contribution in [3.8, 4) is 5.75 Å². The number of aliphatic hydroxyl groups excluding tert-OH is 1. The largest absolute Gasteiger partial charge is 0.487 e. The number of rotatable bonds is 4. The molecule has 0 radical (unpaired) electrons. The van der Waals surface area contributed by atoms with E-state index in [4.69, 9.17) is 9.84 Å². The van der Waals surface area contributed by atoms with Gasteiger partial charge in [-0.2, -0.15) is 0 Å². The maximum absolute atomic E-state index is 8.86. The third kappa shape index (κ3) is 3.29. The summed E-state index contributed by atoms with van der Waals surface area (Å²) >= 11 is 0. The van der Waals surface area contributed by atoms with Crippen molar-refractivity contribution in [1.82, 2.24) is 4.98 Å². The maximum Gasteiger partial charge on any atom is 0.138 e. The fraction of sp³-hybridized carbons (Fsp3) is 0.214. The van der Waals surface area contributed by atoms with Crippen LogP contribution in [-0.4, -0.2) is 10.1 Å². The molecule has 88 valence electrons. The first-order chi connectivity index (χ1) is 8.28. The fourth-order valence-electron chi connectivity index (χ4n) is 1.44. The third-order valence-corrected chi connectivity index (χ3v) is 2.49. The van der Waals surface area contributed by atoms with Gasteiger partial charge in [-0.1, -0.05) is 29.8 Å². The van der Waals surface area contributed by atoms with Gasteiger partial charge in [-0.3, -0.25) is 4.98 Å². The SMILES string of the molecule is Cc1ccc(COc2ccc(CO)nc2)cc1. The molecule has 1 aromatic carbocycles. The Morgan fingerprint density at radius 3 is 2.47 bits per heavy atom. The Labute approximate surface area is 101 Å². The molecule has 0 amide bonds. The first-order valence-corrected chi connectivity index (χ1v) is 5.52. The van der Waals surface area contributed by atoms with Gasteiger partial charge in [-0.15, -0.1) is 0 Å². The second kappa shape index (κ2) is 5.46. The molecule has 0 aliphatic rings. The van der Waals surface area contributed by atoms with E-state index in [2.05, 4.69) is 24.0 Å². The Morgan fingerprint density at radius 2 is 1.88 bits per heavy atom. The molecule has 0 atom stereocenters. The molecule has 2 rings (SSSR count). The van der Waals surface area contributed by atoms with Gasteiger partial charge >= 0.3 is 0 Å². The van der Waals surface area contributed by atoms with Crippen LogP contribution in [0.2, 0.25) is 0 Å². The Morgan fingerprint density at radius 1 is 1.12 bits per heavy atom. The van der Waals surface area contributed by atoms with Crippen LogP contribution in [0.4, 0.5) is 0 Å². The molecule has 1 heterocycles. The van der Waals surface area contributed by atoms with E-state index in [0.717, 1.165) is 5.56 Å². The Balaban J connectivity index is 1.95. The van der Waals surface area contributed by atoms with Crippen LogP contribution in [0.3, 0.4) is 0 Å². The summed E-state index contributed by atoms with van der Waals surface area (Å²) in [6, 6.07) is 11.8. The van der Waals surface area contributed by atoms with Gasteiger partial charge in [-0.05, 0) is 24.6 Å². The van der Waals surface area contributed by atoms with E-state index in [0.29, 0.717) is 18.1 Å². The summed E-state index contributed by atoms with van der Waals surface area (Å²) in [7, 11) is 0. The van der Waals surface area contributed by atoms with Crippen molar-refractivity contribution < 1.29 is 9.84 Å². The van der Waals surface area contributed by atoms with E-state index < -0.39 is 0 Å². The molecule has 0 aliphatic heterocycles. The van der Waals surface area contributed by atoms with Gasteiger partial charge in [0.25, 0.3) is 0 Å². The zero-order chi connectivity index (χ0) is 12.1. The number of aliphatic hydroxyl groups is 1. The smallest absolute Gasteiger partial charge is 0.138 e. The lowest BCUT2D eigenvalue weighted by Gasteiger charge is -2.06. The van der Waals surface area contributed by atoms with Crippen LogP contribution < -0.4 is 4.74 Å². The van der Waals surface area contributed by atoms with Crippen LogP contribution >= 0.6 is 0 Å². The number of benzene rings is 1. The minimum absolute atomic E-state index is 0.0434. The lowest BCUT2D eigenvalue weighted by Crippen LogP contribution is -1.96. The molecule has 0 unspecified atom stereocenters. The number of hydrogen-bond acceptors (Lipinski definition) is 3. The summed E-state index contributed by atoms with van der Waals surface area (Å²) in [6.45, 7) is 2.54. The van der Waals surface area contributed by atoms with Crippen LogP contribution in [0.25, 0.3) is 0 Å². The zero-order valence-corrected chi connectivity index (χ0v) is 9.76. The molecular formula is C14H15NO2. The molecule has 0 bridgehead atoms. The molecule has 2 aromatic rings. The normalized spacial score (nSPS) is 10.2. The summed E-state index contributed by atoms with van der Waals surface area (Å²) in [6.07, 6.45) is 1.62. The number of hydrogen-bond donors (Lipinski definition) is 1. The number of aryl methyl sites for hydroxylation is 1. The van der Waals surface area contributed by atoms with Crippen LogP contribution in [0, 0.1) is 6.92 Å². The van der Waals surface area contributed by atoms with Crippen molar-refractivity contribution in [2.24, 2.45) is 0 Å². The Hall–Kier alpha value is -1.87. The predicted octanol–water partition coefficient (Wildman–Crippen LogP) is 2.46. The van der Waals surface area contributed by atoms with Crippen molar-refractivity contribution in [2.75, 3.05) is 0 Å². The minimum Gasteiger partial charge on any atom is -0.487 e. The molecule has 0 saturated carbocycles. The molecule has 0 spiro atoms. The molecular weight excluding hydrogens is 214 g/mol. The van der Waals surface area contributed by atoms with Gasteiger partial charge in [0.2, 0.25) is 0 Å². The second-order valence-electron chi connectivity index (χ2n) is 3.92. The van der Waals surface area contributed by atoms with Crippen LogP contribution in [0.5, 0.6) is 5.75 Å². The van der Waals surface area contributed by atoms with E-state index in [-0.39, 0.29) is 6.61 Å². The number of nitrogens with zero attached hydrogens (tertiary/aromatic N) is 1. The van der Waals surface area contributed by atoms with E-state index in [1.165, 1.54) is 5.56 Å². The summed E-state index contributed by atoms with van der Waals surface area (Å²) in [5, 5.41) is 8.86. The average Bonchev–Trinajstić information content (AvgIpc) is 2.39. The molecule has 0 saturated heterocycles. The van der Waals surface area contributed by atoms with Gasteiger partial charge < -0.3 is 9.84 Å². The van der Waals surface area contributed by atoms with E-state index in [9.17, 15) is 0 Å². The fourth-order valence-corrected chi connectivity index (χ4v) is 1.44. The highest BCUT2D eigenvalue weighted by atomic mass is 16.5. The highest BCUT2D eigenvalue weighted by Gasteiger charge is 1.97. The minimum atomic E-state index is -0.0434. The first-order valence-electron chi connectivity index (χ1n) is 5.52. The van der Waals surface area contributed by atoms with Crippen molar-refractivity contribution in [1.29, 1.82) is 0 Å². The summed E-state index contributed by atoms with van der Waals surface area (Å²) < 4.78 is 5.59. The summed E-state index contributed by atoms with van der Waals surface area (Å²) in [5.41, 5.74) is 3.01. The second-order valence-corrected chi connectivity index (χ2v) is 3.92. The van der Waals surface area contributed by atoms with Gasteiger partial charge in [0.1, 0.15) is 12.4 Å². The van der Waals surface area contributed by atoms with E-state index in [1.807, 2.05) is 18.2 Å². The van der Waals surface area contributed by atoms with E-state index in [1.54, 1.807) is 12.3 Å². The quantitative estimate of drug-likeness (QED) is 0.875. The van der Waals surface area contributed by atoms with Crippen LogP contribution in [0.1, 0.15) is 16.8 Å². The molecule has 3 nitrogen and oxygen atoms in total. The standard InChI is InChI=1S/C14H15NO2/c1-11-2-4-12(5-3-11)10-17-14-7-6-13(9-16)15-8-14/h2-8,16H,9-10H2,1H3. The van der Waals surface area contributed by atoms with Gasteiger partial charge in [-0.25, -0.2) is 0 Å². The van der Waals surface area contributed by atoms with Crippen LogP contribution in [0.15, 0.2) is 42.6 Å². The van der Waals surface area contributed by atoms with Crippen molar-refractivity contribution in [3.05, 3.63) is 59.4 Å². The topological polar surface area (TPSA) is 42.4 Å². The lowest BCUT2D eigenvalue weighted by atomic mass is 10.2. The molecule has 3 heteroatoms. The van der Waals surface area contributed by atoms with Crippen molar-refractivity contribution in [3.63, 3.8) is 0 Å². The maximum atomic E-state index is 8.86. The number of pyridine rings is 1. The Bertz CT molecular complexity index is 463. The van der Waals surface area contributed by atoms with Crippen molar-refractivity contribution in [2.45, 2.75) is 20.1 Å². The molecule has 0 fully saturated rings. The first kappa shape index (κ1) is 11.6. The van der Waals surface area contributed by atoms with E-state index >= 15 is 0 Å². The van der Waals surface area contributed by atoms with Crippen LogP contribution in [-0.2, 0) is 13.2 Å². The lowest BCUT2D eigenvalue weighted by molar-refractivity contribution is 0.275. The highest BCUT2D eigenvalue weighted by molar-refractivity contribution is 5.23.